The van der Waals surface area contributed by atoms with Gasteiger partial charge in [-0.1, -0.05) is 38.8 Å². The van der Waals surface area contributed by atoms with Gasteiger partial charge in [0.1, 0.15) is 6.61 Å². The van der Waals surface area contributed by atoms with Crippen LogP contribution in [0.2, 0.25) is 0 Å². The number of anilines is 1. The minimum absolute atomic E-state index is 0.191. The summed E-state index contributed by atoms with van der Waals surface area (Å²) in [6, 6.07) is 5.48. The quantitative estimate of drug-likeness (QED) is 0.432. The van der Waals surface area contributed by atoms with Crippen molar-refractivity contribution in [3.8, 4) is 11.5 Å². The number of fused-ring (bicyclic) bond motifs is 1. The first-order chi connectivity index (χ1) is 11.6. The number of nitrogens with zero attached hydrogens (tertiary/aromatic N) is 1. The lowest BCUT2D eigenvalue weighted by Crippen LogP contribution is -2.24. The fraction of sp³-hybridized carbons (Fsp3) is 0.421. The van der Waals surface area contributed by atoms with Crippen LogP contribution in [0.3, 0.4) is 0 Å². The molecule has 5 nitrogen and oxygen atoms in total. The average molecular weight is 330 g/mol. The maximum atomic E-state index is 12.9. The lowest BCUT2D eigenvalue weighted by Gasteiger charge is -2.17. The Morgan fingerprint density at radius 3 is 2.71 bits per heavy atom. The van der Waals surface area contributed by atoms with E-state index in [2.05, 4.69) is 13.5 Å². The molecule has 0 aliphatic heterocycles. The summed E-state index contributed by atoms with van der Waals surface area (Å²) < 4.78 is 12.8. The van der Waals surface area contributed by atoms with Gasteiger partial charge in [-0.25, -0.2) is 0 Å². The van der Waals surface area contributed by atoms with E-state index in [4.69, 9.17) is 15.2 Å². The maximum absolute atomic E-state index is 12.9. The largest absolute Gasteiger partial charge is 0.492 e. The van der Waals surface area contributed by atoms with Gasteiger partial charge in [0.25, 0.3) is 5.56 Å². The third-order valence-electron chi connectivity index (χ3n) is 3.99. The molecule has 0 bridgehead atoms. The molecule has 0 amide bonds. The zero-order chi connectivity index (χ0) is 17.5. The summed E-state index contributed by atoms with van der Waals surface area (Å²) in [5.41, 5.74) is 7.13. The smallest absolute Gasteiger partial charge is 0.297 e. The number of rotatable bonds is 9. The predicted octanol–water partition coefficient (Wildman–Crippen LogP) is 3.74. The third-order valence-corrected chi connectivity index (χ3v) is 3.99. The number of hydrogen-bond donors (Lipinski definition) is 1. The molecule has 0 aliphatic carbocycles. The zero-order valence-electron chi connectivity index (χ0n) is 14.5. The van der Waals surface area contributed by atoms with Crippen molar-refractivity contribution in [1.29, 1.82) is 0 Å². The van der Waals surface area contributed by atoms with Gasteiger partial charge in [-0.05, 0) is 24.6 Å². The van der Waals surface area contributed by atoms with Gasteiger partial charge in [0.15, 0.2) is 5.75 Å². The van der Waals surface area contributed by atoms with Gasteiger partial charge in [0.2, 0.25) is 5.75 Å². The Morgan fingerprint density at radius 1 is 1.25 bits per heavy atom. The van der Waals surface area contributed by atoms with Crippen molar-refractivity contribution in [2.75, 3.05) is 19.5 Å². The fourth-order valence-electron chi connectivity index (χ4n) is 2.81. The van der Waals surface area contributed by atoms with Gasteiger partial charge < -0.3 is 19.8 Å². The molecule has 0 saturated heterocycles. The summed E-state index contributed by atoms with van der Waals surface area (Å²) in [6.07, 6.45) is 5.94. The van der Waals surface area contributed by atoms with E-state index in [-0.39, 0.29) is 17.9 Å². The molecule has 2 aromatic rings. The molecule has 24 heavy (non-hydrogen) atoms. The maximum Gasteiger partial charge on any atom is 0.297 e. The van der Waals surface area contributed by atoms with E-state index in [9.17, 15) is 4.79 Å². The van der Waals surface area contributed by atoms with Crippen LogP contribution < -0.4 is 20.8 Å². The van der Waals surface area contributed by atoms with Crippen LogP contribution in [0.1, 0.15) is 32.6 Å². The van der Waals surface area contributed by atoms with E-state index in [1.54, 1.807) is 16.7 Å². The monoisotopic (exact) mass is 330 g/mol. The number of aryl methyl sites for hydroxylation is 1. The summed E-state index contributed by atoms with van der Waals surface area (Å²) in [7, 11) is 1.54. The number of pyridine rings is 1. The fourth-order valence-corrected chi connectivity index (χ4v) is 2.81. The number of aromatic nitrogens is 1. The van der Waals surface area contributed by atoms with Gasteiger partial charge in [-0.3, -0.25) is 4.79 Å². The van der Waals surface area contributed by atoms with Crippen molar-refractivity contribution in [1.82, 2.24) is 4.57 Å². The minimum Gasteiger partial charge on any atom is -0.492 e. The Morgan fingerprint density at radius 2 is 2.04 bits per heavy atom. The second-order valence-corrected chi connectivity index (χ2v) is 5.76. The number of ether oxygens (including phenoxy) is 2. The van der Waals surface area contributed by atoms with E-state index in [0.29, 0.717) is 18.0 Å². The first-order valence-corrected chi connectivity index (χ1v) is 8.37. The van der Waals surface area contributed by atoms with E-state index in [1.165, 1.54) is 7.11 Å². The third kappa shape index (κ3) is 3.72. The predicted molar refractivity (Wildman–Crippen MR) is 99.0 cm³/mol. The summed E-state index contributed by atoms with van der Waals surface area (Å²) in [4.78, 5) is 12.9. The highest BCUT2D eigenvalue weighted by atomic mass is 16.5. The highest BCUT2D eigenvalue weighted by molar-refractivity contribution is 5.90. The van der Waals surface area contributed by atoms with Crippen molar-refractivity contribution >= 4 is 16.6 Å². The first-order valence-electron chi connectivity index (χ1n) is 8.37. The molecule has 0 unspecified atom stereocenters. The van der Waals surface area contributed by atoms with Gasteiger partial charge in [0, 0.05) is 17.6 Å². The number of nitrogen functional groups attached to an aromatic ring is 1. The molecule has 0 radical (unpaired) electrons. The van der Waals surface area contributed by atoms with Gasteiger partial charge in [-0.15, -0.1) is 0 Å². The molecule has 1 aromatic carbocycles. The molecule has 0 spiro atoms. The molecular formula is C19H26N2O3. The number of unbranched alkanes of at least 4 members (excludes halogenated alkanes) is 3. The summed E-state index contributed by atoms with van der Waals surface area (Å²) in [5.74, 6) is 0.673. The minimum atomic E-state index is -0.191. The molecule has 1 aromatic heterocycles. The number of methoxy groups -OCH3 is 1. The van der Waals surface area contributed by atoms with Crippen LogP contribution in [0, 0.1) is 0 Å². The van der Waals surface area contributed by atoms with Crippen LogP contribution in [-0.2, 0) is 6.54 Å². The standard InChI is InChI=1S/C19H26N2O3/c1-4-6-7-8-11-21-16-13-14(20)9-10-15(16)17(23-3)18(19(21)22)24-12-5-2/h5,9-10,13H,2,4,6-8,11-12,20H2,1,3H3. The van der Waals surface area contributed by atoms with Crippen molar-refractivity contribution in [3.05, 3.63) is 41.2 Å². The Labute approximate surface area is 142 Å². The number of nitrogens with two attached hydrogens (primary N) is 1. The Bertz CT molecular complexity index is 765. The van der Waals surface area contributed by atoms with Gasteiger partial charge in [0.05, 0.1) is 12.6 Å². The second kappa shape index (κ2) is 8.43. The van der Waals surface area contributed by atoms with E-state index >= 15 is 0 Å². The normalized spacial score (nSPS) is 10.8. The van der Waals surface area contributed by atoms with Crippen LogP contribution in [-0.4, -0.2) is 18.3 Å². The highest BCUT2D eigenvalue weighted by Crippen LogP contribution is 2.33. The summed E-state index contributed by atoms with van der Waals surface area (Å²) in [5, 5.41) is 0.820. The number of hydrogen-bond acceptors (Lipinski definition) is 4. The van der Waals surface area contributed by atoms with Crippen LogP contribution >= 0.6 is 0 Å². The lowest BCUT2D eigenvalue weighted by atomic mass is 10.1. The van der Waals surface area contributed by atoms with Crippen LogP contribution in [0.15, 0.2) is 35.6 Å². The Kier molecular flexibility index (Phi) is 6.29. The van der Waals surface area contributed by atoms with Crippen molar-refractivity contribution in [3.63, 3.8) is 0 Å². The SMILES string of the molecule is C=CCOc1c(OC)c2ccc(N)cc2n(CCCCCC)c1=O. The molecule has 2 N–H and O–H groups in total. The topological polar surface area (TPSA) is 66.5 Å². The summed E-state index contributed by atoms with van der Waals surface area (Å²) in [6.45, 7) is 6.68. The van der Waals surface area contributed by atoms with Gasteiger partial charge >= 0.3 is 0 Å². The molecule has 0 saturated carbocycles. The average Bonchev–Trinajstić information content (AvgIpc) is 2.58. The van der Waals surface area contributed by atoms with Crippen molar-refractivity contribution < 1.29 is 9.47 Å². The van der Waals surface area contributed by atoms with E-state index < -0.39 is 0 Å². The van der Waals surface area contributed by atoms with Crippen molar-refractivity contribution in [2.45, 2.75) is 39.2 Å². The molecule has 1 heterocycles. The molecule has 2 rings (SSSR count). The summed E-state index contributed by atoms with van der Waals surface area (Å²) >= 11 is 0. The van der Waals surface area contributed by atoms with E-state index in [1.807, 2.05) is 12.1 Å². The molecular weight excluding hydrogens is 304 g/mol. The zero-order valence-corrected chi connectivity index (χ0v) is 14.5. The lowest BCUT2D eigenvalue weighted by molar-refractivity contribution is 0.321. The highest BCUT2D eigenvalue weighted by Gasteiger charge is 2.18. The van der Waals surface area contributed by atoms with Crippen LogP contribution in [0.25, 0.3) is 10.9 Å². The Balaban J connectivity index is 2.59. The first kappa shape index (κ1) is 17.9. The Hall–Kier alpha value is -2.43. The van der Waals surface area contributed by atoms with E-state index in [0.717, 1.165) is 36.6 Å². The molecule has 0 fully saturated rings. The molecule has 5 heteroatoms. The van der Waals surface area contributed by atoms with Gasteiger partial charge in [-0.2, -0.15) is 0 Å². The van der Waals surface area contributed by atoms with Crippen molar-refractivity contribution in [2.24, 2.45) is 0 Å². The van der Waals surface area contributed by atoms with Crippen LogP contribution in [0.4, 0.5) is 5.69 Å². The second-order valence-electron chi connectivity index (χ2n) is 5.76. The molecule has 0 aliphatic rings. The molecule has 0 atom stereocenters. The molecule has 130 valence electrons. The number of benzene rings is 1. The van der Waals surface area contributed by atoms with Crippen LogP contribution in [0.5, 0.6) is 11.5 Å².